The third-order valence-corrected chi connectivity index (χ3v) is 3.46. The second-order valence-electron chi connectivity index (χ2n) is 4.47. The van der Waals surface area contributed by atoms with E-state index in [4.69, 9.17) is 16.3 Å². The lowest BCUT2D eigenvalue weighted by atomic mass is 10.1. The van der Waals surface area contributed by atoms with E-state index in [1.807, 2.05) is 0 Å². The fraction of sp³-hybridized carbons (Fsp3) is 0.538. The molecule has 1 aromatic carbocycles. The summed E-state index contributed by atoms with van der Waals surface area (Å²) in [6.07, 6.45) is 3.67. The third-order valence-electron chi connectivity index (χ3n) is 3.25. The van der Waals surface area contributed by atoms with Crippen LogP contribution < -0.4 is 5.32 Å². The van der Waals surface area contributed by atoms with Gasteiger partial charge in [-0.3, -0.25) is 0 Å². The third kappa shape index (κ3) is 3.41. The van der Waals surface area contributed by atoms with Gasteiger partial charge in [-0.2, -0.15) is 0 Å². The first kappa shape index (κ1) is 12.8. The van der Waals surface area contributed by atoms with Gasteiger partial charge in [-0.1, -0.05) is 11.6 Å². The number of hydrogen-bond donors (Lipinski definition) is 1. The lowest BCUT2D eigenvalue weighted by Crippen LogP contribution is -2.36. The molecule has 1 fully saturated rings. The number of ether oxygens (including phenoxy) is 1. The molecule has 1 aliphatic carbocycles. The van der Waals surface area contributed by atoms with E-state index in [0.29, 0.717) is 17.6 Å². The van der Waals surface area contributed by atoms with Gasteiger partial charge in [-0.25, -0.2) is 4.39 Å². The minimum atomic E-state index is -0.288. The number of hydrogen-bond acceptors (Lipinski definition) is 2. The van der Waals surface area contributed by atoms with Crippen molar-refractivity contribution < 1.29 is 9.13 Å². The molecule has 0 heterocycles. The van der Waals surface area contributed by atoms with Crippen molar-refractivity contribution in [2.75, 3.05) is 7.11 Å². The smallest absolute Gasteiger partial charge is 0.125 e. The molecular weight excluding hydrogens is 241 g/mol. The summed E-state index contributed by atoms with van der Waals surface area (Å²) in [5, 5.41) is 3.84. The van der Waals surface area contributed by atoms with E-state index >= 15 is 0 Å². The monoisotopic (exact) mass is 257 g/mol. The molecular formula is C13H17ClFNO. The lowest BCUT2D eigenvalue weighted by molar-refractivity contribution is 0.0847. The van der Waals surface area contributed by atoms with Crippen molar-refractivity contribution in [1.29, 1.82) is 0 Å². The molecule has 0 radical (unpaired) electrons. The Bertz CT molecular complexity index is 365. The highest BCUT2D eigenvalue weighted by molar-refractivity contribution is 6.30. The van der Waals surface area contributed by atoms with Gasteiger partial charge >= 0.3 is 0 Å². The van der Waals surface area contributed by atoms with Gasteiger partial charge in [0.25, 0.3) is 0 Å². The molecule has 1 saturated carbocycles. The largest absolute Gasteiger partial charge is 0.380 e. The Morgan fingerprint density at radius 2 is 2.24 bits per heavy atom. The molecule has 0 amide bonds. The maximum absolute atomic E-state index is 13.1. The predicted octanol–water partition coefficient (Wildman–Crippen LogP) is 3.14. The highest BCUT2D eigenvalue weighted by atomic mass is 35.5. The SMILES string of the molecule is COC1CCCC1NCc1cc(F)cc(Cl)c1. The maximum atomic E-state index is 13.1. The molecule has 94 valence electrons. The number of nitrogens with one attached hydrogen (secondary N) is 1. The normalized spacial score (nSPS) is 24.2. The van der Waals surface area contributed by atoms with Crippen LogP contribution in [-0.2, 0) is 11.3 Å². The molecule has 2 nitrogen and oxygen atoms in total. The van der Waals surface area contributed by atoms with Crippen LogP contribution in [0.25, 0.3) is 0 Å². The number of benzene rings is 1. The van der Waals surface area contributed by atoms with Crippen molar-refractivity contribution in [2.24, 2.45) is 0 Å². The van der Waals surface area contributed by atoms with Gasteiger partial charge < -0.3 is 10.1 Å². The number of halogens is 2. The van der Waals surface area contributed by atoms with Gasteiger partial charge in [0.1, 0.15) is 5.82 Å². The molecule has 0 bridgehead atoms. The molecule has 0 spiro atoms. The van der Waals surface area contributed by atoms with Crippen molar-refractivity contribution in [3.63, 3.8) is 0 Å². The summed E-state index contributed by atoms with van der Waals surface area (Å²) < 4.78 is 18.5. The first-order valence-corrected chi connectivity index (χ1v) is 6.28. The second-order valence-corrected chi connectivity index (χ2v) is 4.91. The summed E-state index contributed by atoms with van der Waals surface area (Å²) in [5.41, 5.74) is 0.872. The van der Waals surface area contributed by atoms with Gasteiger partial charge in [-0.05, 0) is 43.0 Å². The lowest BCUT2D eigenvalue weighted by Gasteiger charge is -2.19. The molecule has 2 atom stereocenters. The van der Waals surface area contributed by atoms with Gasteiger partial charge in [0.2, 0.25) is 0 Å². The summed E-state index contributed by atoms with van der Waals surface area (Å²) in [7, 11) is 1.74. The Morgan fingerprint density at radius 3 is 2.94 bits per heavy atom. The van der Waals surface area contributed by atoms with E-state index in [-0.39, 0.29) is 11.9 Å². The van der Waals surface area contributed by atoms with Crippen LogP contribution in [0.2, 0.25) is 5.02 Å². The molecule has 1 aromatic rings. The Kier molecular flexibility index (Phi) is 4.37. The van der Waals surface area contributed by atoms with Crippen molar-refractivity contribution in [3.05, 3.63) is 34.6 Å². The summed E-state index contributed by atoms with van der Waals surface area (Å²) >= 11 is 5.81. The quantitative estimate of drug-likeness (QED) is 0.895. The van der Waals surface area contributed by atoms with E-state index in [9.17, 15) is 4.39 Å². The summed E-state index contributed by atoms with van der Waals surface area (Å²) in [4.78, 5) is 0. The first-order valence-electron chi connectivity index (χ1n) is 5.90. The Hall–Kier alpha value is -0.640. The fourth-order valence-corrected chi connectivity index (χ4v) is 2.65. The number of rotatable bonds is 4. The van der Waals surface area contributed by atoms with Gasteiger partial charge in [0.15, 0.2) is 0 Å². The molecule has 1 aliphatic rings. The highest BCUT2D eigenvalue weighted by Gasteiger charge is 2.26. The van der Waals surface area contributed by atoms with Crippen molar-refractivity contribution in [2.45, 2.75) is 38.0 Å². The summed E-state index contributed by atoms with van der Waals surface area (Å²) in [5.74, 6) is -0.288. The van der Waals surface area contributed by atoms with Crippen LogP contribution in [0.3, 0.4) is 0 Å². The van der Waals surface area contributed by atoms with Gasteiger partial charge in [0.05, 0.1) is 6.10 Å². The Labute approximate surface area is 106 Å². The van der Waals surface area contributed by atoms with Crippen molar-refractivity contribution >= 4 is 11.6 Å². The molecule has 2 unspecified atom stereocenters. The van der Waals surface area contributed by atoms with E-state index in [2.05, 4.69) is 5.32 Å². The predicted molar refractivity (Wildman–Crippen MR) is 66.7 cm³/mol. The Morgan fingerprint density at radius 1 is 1.41 bits per heavy atom. The standard InChI is InChI=1S/C13H17ClFNO/c1-17-13-4-2-3-12(13)16-8-9-5-10(14)7-11(15)6-9/h5-7,12-13,16H,2-4,8H2,1H3. The van der Waals surface area contributed by atoms with Crippen LogP contribution in [0, 0.1) is 5.82 Å². The molecule has 1 N–H and O–H groups in total. The minimum Gasteiger partial charge on any atom is -0.380 e. The van der Waals surface area contributed by atoms with Crippen molar-refractivity contribution in [1.82, 2.24) is 5.32 Å². The van der Waals surface area contributed by atoms with E-state index in [0.717, 1.165) is 18.4 Å². The Balaban J connectivity index is 1.93. The maximum Gasteiger partial charge on any atom is 0.125 e. The van der Waals surface area contributed by atoms with Crippen LogP contribution in [0.5, 0.6) is 0 Å². The topological polar surface area (TPSA) is 21.3 Å². The molecule has 4 heteroatoms. The summed E-state index contributed by atoms with van der Waals surface area (Å²) in [6.45, 7) is 0.627. The number of methoxy groups -OCH3 is 1. The first-order chi connectivity index (χ1) is 8.19. The van der Waals surface area contributed by atoms with Crippen LogP contribution in [0.15, 0.2) is 18.2 Å². The zero-order chi connectivity index (χ0) is 12.3. The van der Waals surface area contributed by atoms with Crippen LogP contribution >= 0.6 is 11.6 Å². The average molecular weight is 258 g/mol. The van der Waals surface area contributed by atoms with Crippen LogP contribution in [-0.4, -0.2) is 19.3 Å². The zero-order valence-corrected chi connectivity index (χ0v) is 10.6. The molecule has 0 saturated heterocycles. The van der Waals surface area contributed by atoms with Crippen molar-refractivity contribution in [3.8, 4) is 0 Å². The highest BCUT2D eigenvalue weighted by Crippen LogP contribution is 2.22. The molecule has 17 heavy (non-hydrogen) atoms. The zero-order valence-electron chi connectivity index (χ0n) is 9.88. The van der Waals surface area contributed by atoms with Crippen LogP contribution in [0.4, 0.5) is 4.39 Å². The van der Waals surface area contributed by atoms with E-state index < -0.39 is 0 Å². The van der Waals surface area contributed by atoms with E-state index in [1.165, 1.54) is 18.6 Å². The van der Waals surface area contributed by atoms with Crippen LogP contribution in [0.1, 0.15) is 24.8 Å². The fourth-order valence-electron chi connectivity index (χ4n) is 2.40. The second kappa shape index (κ2) is 5.80. The molecule has 0 aliphatic heterocycles. The average Bonchev–Trinajstić information content (AvgIpc) is 2.72. The van der Waals surface area contributed by atoms with Gasteiger partial charge in [0, 0.05) is 24.7 Å². The van der Waals surface area contributed by atoms with Gasteiger partial charge in [-0.15, -0.1) is 0 Å². The summed E-state index contributed by atoms with van der Waals surface area (Å²) in [6, 6.07) is 4.98. The van der Waals surface area contributed by atoms with E-state index in [1.54, 1.807) is 13.2 Å². The molecule has 2 rings (SSSR count). The minimum absolute atomic E-state index is 0.277. The molecule has 0 aromatic heterocycles.